The van der Waals surface area contributed by atoms with Crippen LogP contribution in [0.2, 0.25) is 0 Å². The van der Waals surface area contributed by atoms with Crippen LogP contribution in [0.15, 0.2) is 255 Å². The second kappa shape index (κ2) is 16.0. The van der Waals surface area contributed by atoms with Gasteiger partial charge in [-0.1, -0.05) is 218 Å². The van der Waals surface area contributed by atoms with Gasteiger partial charge in [-0.25, -0.2) is 0 Å². The molecule has 4 heterocycles. The lowest BCUT2D eigenvalue weighted by Gasteiger charge is -2.34. The van der Waals surface area contributed by atoms with Gasteiger partial charge in [0.1, 0.15) is 0 Å². The fourth-order valence-electron chi connectivity index (χ4n) is 11.3. The van der Waals surface area contributed by atoms with E-state index in [1.807, 2.05) is 0 Å². The second-order valence-electron chi connectivity index (χ2n) is 17.9. The monoisotopic (exact) mass is 910 g/mol. The van der Waals surface area contributed by atoms with E-state index in [0.29, 0.717) is 17.7 Å². The first kappa shape index (κ1) is 39.9. The molecule has 0 bridgehead atoms. The van der Waals surface area contributed by atoms with Crippen LogP contribution in [0.3, 0.4) is 0 Å². The van der Waals surface area contributed by atoms with E-state index in [4.69, 9.17) is 15.0 Å². The van der Waals surface area contributed by atoms with Crippen LogP contribution < -0.4 is 20.7 Å². The minimum atomic E-state index is -2.79. The van der Waals surface area contributed by atoms with E-state index in [-0.39, 0.29) is 0 Å². The third kappa shape index (κ3) is 5.95. The van der Waals surface area contributed by atoms with Gasteiger partial charge in [0.2, 0.25) is 11.9 Å². The summed E-state index contributed by atoms with van der Waals surface area (Å²) >= 11 is 0. The fourth-order valence-corrected chi connectivity index (χ4v) is 16.1. The van der Waals surface area contributed by atoms with Crippen molar-refractivity contribution in [3.8, 4) is 29.0 Å². The lowest BCUT2D eigenvalue weighted by Crippen LogP contribution is -2.74. The molecule has 0 aliphatic carbocycles. The molecule has 70 heavy (non-hydrogen) atoms. The Hall–Kier alpha value is -9.17. The number of fused-ring (bicyclic) bond motifs is 9. The zero-order chi connectivity index (χ0) is 46.2. The van der Waals surface area contributed by atoms with Crippen molar-refractivity contribution < 1.29 is 0 Å². The van der Waals surface area contributed by atoms with Gasteiger partial charge in [-0.2, -0.15) is 15.0 Å². The van der Waals surface area contributed by atoms with Gasteiger partial charge in [-0.05, 0) is 57.1 Å². The van der Waals surface area contributed by atoms with Crippen LogP contribution >= 0.6 is 0 Å². The average molecular weight is 911 g/mol. The average Bonchev–Trinajstić information content (AvgIpc) is 4.08. The molecule has 0 aliphatic heterocycles. The lowest BCUT2D eigenvalue weighted by atomic mass is 10.1. The third-order valence-electron chi connectivity index (χ3n) is 14.3. The molecule has 0 saturated carbocycles. The number of aromatic nitrogens is 6. The molecule has 0 fully saturated rings. The molecule has 328 valence electrons. The van der Waals surface area contributed by atoms with E-state index >= 15 is 0 Å². The van der Waals surface area contributed by atoms with Crippen molar-refractivity contribution in [2.24, 2.45) is 0 Å². The molecule has 14 aromatic rings. The van der Waals surface area contributed by atoms with Gasteiger partial charge in [-0.3, -0.25) is 9.13 Å². The number of rotatable bonds is 8. The van der Waals surface area contributed by atoms with Crippen molar-refractivity contribution in [3.63, 3.8) is 0 Å². The minimum Gasteiger partial charge on any atom is -0.307 e. The maximum atomic E-state index is 5.57. The first-order valence-corrected chi connectivity index (χ1v) is 25.8. The number of para-hydroxylation sites is 6. The first-order chi connectivity index (χ1) is 34.8. The summed E-state index contributed by atoms with van der Waals surface area (Å²) in [6.45, 7) is 0. The molecule has 0 spiro atoms. The van der Waals surface area contributed by atoms with E-state index in [9.17, 15) is 0 Å². The number of hydrogen-bond acceptors (Lipinski definition) is 3. The van der Waals surface area contributed by atoms with Crippen molar-refractivity contribution in [3.05, 3.63) is 255 Å². The Bertz CT molecular complexity index is 4090. The summed E-state index contributed by atoms with van der Waals surface area (Å²) in [5, 5.41) is 12.2. The maximum Gasteiger partial charge on any atom is 0.240 e. The Balaban J connectivity index is 1.06. The Morgan fingerprint density at radius 3 is 1.06 bits per heavy atom. The molecule has 10 aromatic carbocycles. The molecule has 0 saturated heterocycles. The fraction of sp³-hybridized carbons (Fsp3) is 0. The van der Waals surface area contributed by atoms with Crippen molar-refractivity contribution in [1.29, 1.82) is 0 Å². The zero-order valence-corrected chi connectivity index (χ0v) is 38.9. The van der Waals surface area contributed by atoms with Crippen LogP contribution in [0.4, 0.5) is 0 Å². The summed E-state index contributed by atoms with van der Waals surface area (Å²) in [6.07, 6.45) is 0. The zero-order valence-electron chi connectivity index (χ0n) is 37.9. The molecular weight excluding hydrogens is 869 g/mol. The van der Waals surface area contributed by atoms with Gasteiger partial charge in [0.15, 0.2) is 13.9 Å². The van der Waals surface area contributed by atoms with Crippen LogP contribution in [-0.2, 0) is 0 Å². The SMILES string of the molecule is c1ccc([Si](c2ccccc2)(c2ccccc2)c2ccc(-c3nc(-n4c5ccccc5c5ccccc54)nc(-n4c5ccccc5c5cccc(-n6c7ccccc7c7ccccc76)c54)n3)cc2)cc1. The van der Waals surface area contributed by atoms with Gasteiger partial charge in [0.25, 0.3) is 0 Å². The van der Waals surface area contributed by atoms with Crippen molar-refractivity contribution in [2.45, 2.75) is 0 Å². The molecule has 7 heteroatoms. The van der Waals surface area contributed by atoms with Crippen LogP contribution in [0.25, 0.3) is 94.4 Å². The van der Waals surface area contributed by atoms with E-state index in [1.165, 1.54) is 31.5 Å². The molecule has 0 aliphatic rings. The van der Waals surface area contributed by atoms with E-state index in [0.717, 1.165) is 65.9 Å². The van der Waals surface area contributed by atoms with E-state index in [1.54, 1.807) is 0 Å². The van der Waals surface area contributed by atoms with Crippen molar-refractivity contribution in [2.75, 3.05) is 0 Å². The quantitative estimate of drug-likeness (QED) is 0.113. The van der Waals surface area contributed by atoms with Crippen LogP contribution in [-0.4, -0.2) is 36.7 Å². The van der Waals surface area contributed by atoms with E-state index in [2.05, 4.69) is 268 Å². The second-order valence-corrected chi connectivity index (χ2v) is 21.8. The van der Waals surface area contributed by atoms with Gasteiger partial charge in [0, 0.05) is 37.9 Å². The molecule has 0 N–H and O–H groups in total. The smallest absolute Gasteiger partial charge is 0.240 e. The summed E-state index contributed by atoms with van der Waals surface area (Å²) in [7, 11) is -2.79. The summed E-state index contributed by atoms with van der Waals surface area (Å²) in [6, 6.07) is 91.9. The normalized spacial score (nSPS) is 12.0. The summed E-state index contributed by atoms with van der Waals surface area (Å²) in [5.41, 5.74) is 8.29. The number of nitrogens with zero attached hydrogens (tertiary/aromatic N) is 6. The summed E-state index contributed by atoms with van der Waals surface area (Å²) < 4.78 is 6.87. The van der Waals surface area contributed by atoms with Crippen LogP contribution in [0, 0.1) is 0 Å². The lowest BCUT2D eigenvalue weighted by molar-refractivity contribution is 0.891. The van der Waals surface area contributed by atoms with Gasteiger partial charge < -0.3 is 4.57 Å². The molecular formula is C63H42N6Si. The van der Waals surface area contributed by atoms with Crippen LogP contribution in [0.1, 0.15) is 0 Å². The standard InChI is InChI=1S/C63H42N6Si/c1-4-21-44(22-5-1)70(45-23-6-2-7-24-45,46-25-8-3-9-26-46)47-41-39-43(40-42-47)61-64-62(68-56-35-17-12-29-50(56)51-30-13-18-36-57(51)68)66-63(65-61)69-58-37-19-14-31-52(58)53-32-20-38-59(60(53)69)67-54-33-15-10-27-48(54)49-28-11-16-34-55(49)67/h1-42H. The largest absolute Gasteiger partial charge is 0.307 e. The van der Waals surface area contributed by atoms with Crippen molar-refractivity contribution >= 4 is 94.2 Å². The van der Waals surface area contributed by atoms with E-state index < -0.39 is 8.07 Å². The molecule has 4 aromatic heterocycles. The molecule has 0 radical (unpaired) electrons. The summed E-state index contributed by atoms with van der Waals surface area (Å²) in [4.78, 5) is 16.6. The Morgan fingerprint density at radius 1 is 0.257 bits per heavy atom. The van der Waals surface area contributed by atoms with Gasteiger partial charge >= 0.3 is 0 Å². The van der Waals surface area contributed by atoms with Crippen molar-refractivity contribution in [1.82, 2.24) is 28.7 Å². The Morgan fingerprint density at radius 2 is 0.600 bits per heavy atom. The Kier molecular flexibility index (Phi) is 9.12. The number of benzene rings is 10. The Labute approximate surface area is 404 Å². The highest BCUT2D eigenvalue weighted by atomic mass is 28.3. The van der Waals surface area contributed by atoms with Gasteiger partial charge in [0.05, 0.1) is 38.8 Å². The number of hydrogen-bond donors (Lipinski definition) is 0. The highest BCUT2D eigenvalue weighted by molar-refractivity contribution is 7.19. The van der Waals surface area contributed by atoms with Gasteiger partial charge in [-0.15, -0.1) is 0 Å². The first-order valence-electron chi connectivity index (χ1n) is 23.8. The highest BCUT2D eigenvalue weighted by Crippen LogP contribution is 2.40. The molecule has 6 nitrogen and oxygen atoms in total. The third-order valence-corrected chi connectivity index (χ3v) is 19.1. The summed E-state index contributed by atoms with van der Waals surface area (Å²) in [5.74, 6) is 1.66. The highest BCUT2D eigenvalue weighted by Gasteiger charge is 2.41. The predicted octanol–water partition coefficient (Wildman–Crippen LogP) is 12.2. The molecule has 0 unspecified atom stereocenters. The predicted molar refractivity (Wildman–Crippen MR) is 292 cm³/mol. The molecule has 14 rings (SSSR count). The minimum absolute atomic E-state index is 0.534. The maximum absolute atomic E-state index is 5.57. The topological polar surface area (TPSA) is 53.5 Å². The molecule has 0 amide bonds. The molecule has 0 atom stereocenters. The van der Waals surface area contributed by atoms with Crippen LogP contribution in [0.5, 0.6) is 0 Å².